The van der Waals surface area contributed by atoms with Crippen LogP contribution in [0.25, 0.3) is 0 Å². The molecule has 5 nitrogen and oxygen atoms in total. The zero-order valence-electron chi connectivity index (χ0n) is 22.2. The molecule has 0 unspecified atom stereocenters. The third-order valence-corrected chi connectivity index (χ3v) is 8.50. The minimum absolute atomic E-state index is 0.296. The van der Waals surface area contributed by atoms with E-state index in [-0.39, 0.29) is 0 Å². The Bertz CT molecular complexity index is 593. The summed E-state index contributed by atoms with van der Waals surface area (Å²) in [7, 11) is -3.17. The summed E-state index contributed by atoms with van der Waals surface area (Å²) < 4.78 is 27.9. The monoisotopic (exact) mass is 495 g/mol. The van der Waals surface area contributed by atoms with E-state index in [4.69, 9.17) is 10.5 Å². The molecule has 0 atom stereocenters. The first-order valence-corrected chi connectivity index (χ1v) is 15.9. The molecule has 34 heavy (non-hydrogen) atoms. The van der Waals surface area contributed by atoms with Gasteiger partial charge in [0.2, 0.25) is 10.0 Å². The molecule has 0 aliphatic carbocycles. The van der Waals surface area contributed by atoms with Crippen LogP contribution in [0.1, 0.15) is 148 Å². The quantitative estimate of drug-likeness (QED) is 0.113. The molecule has 0 fully saturated rings. The molecule has 6 heteroatoms. The molecule has 0 aromatic carbocycles. The molecule has 0 rings (SSSR count). The van der Waals surface area contributed by atoms with Gasteiger partial charge in [0, 0.05) is 25.9 Å². The van der Waals surface area contributed by atoms with Crippen LogP contribution >= 0.6 is 0 Å². The van der Waals surface area contributed by atoms with E-state index in [1.165, 1.54) is 32.1 Å². The maximum absolute atomic E-state index is 13.0. The molecule has 0 bridgehead atoms. The van der Waals surface area contributed by atoms with Crippen molar-refractivity contribution in [3.05, 3.63) is 0 Å². The number of hydrogen-bond donors (Lipinski definition) is 0. The number of hydrogen-bond acceptors (Lipinski definition) is 4. The van der Waals surface area contributed by atoms with E-state index in [9.17, 15) is 8.42 Å². The molecule has 0 N–H and O–H groups in total. The Hall–Kier alpha value is -1.11. The first kappa shape index (κ1) is 32.9. The average molecular weight is 496 g/mol. The molecule has 198 valence electrons. The molecule has 0 aliphatic rings. The molecule has 0 aromatic heterocycles. The van der Waals surface area contributed by atoms with Gasteiger partial charge in [0.1, 0.15) is 0 Å². The Kier molecular flexibility index (Phi) is 24.2. The zero-order chi connectivity index (χ0) is 25.2. The standard InChI is InChI=1S/C28H53N3O2S/c1-2-3-4-5-6-13-18-23-28-34(32,33)31(26-21-16-11-7-9-14-19-24-29)27-22-17-12-8-10-15-20-25-30/h2-23,26-28H2,1H3. The van der Waals surface area contributed by atoms with E-state index >= 15 is 0 Å². The second-order valence-electron chi connectivity index (χ2n) is 9.75. The Balaban J connectivity index is 4.29. The van der Waals surface area contributed by atoms with Crippen molar-refractivity contribution in [3.8, 4) is 12.1 Å². The minimum atomic E-state index is -3.17. The SMILES string of the molecule is CCCCCCCCCCS(=O)(=O)N(CCCCCCCCC#N)CCCCCCCCC#N. The molecule has 0 heterocycles. The van der Waals surface area contributed by atoms with Crippen LogP contribution in [0, 0.1) is 22.7 Å². The summed E-state index contributed by atoms with van der Waals surface area (Å²) in [5, 5.41) is 17.2. The maximum atomic E-state index is 13.0. The van der Waals surface area contributed by atoms with Gasteiger partial charge in [-0.2, -0.15) is 10.5 Å². The molecule has 0 radical (unpaired) electrons. The largest absolute Gasteiger partial charge is 0.214 e. The van der Waals surface area contributed by atoms with Gasteiger partial charge in [-0.1, -0.05) is 103 Å². The van der Waals surface area contributed by atoms with E-state index < -0.39 is 10.0 Å². The molecule has 0 aromatic rings. The van der Waals surface area contributed by atoms with Crippen molar-refractivity contribution >= 4 is 10.0 Å². The summed E-state index contributed by atoms with van der Waals surface area (Å²) in [5.41, 5.74) is 0. The lowest BCUT2D eigenvalue weighted by Crippen LogP contribution is -2.35. The number of nitriles is 2. The molecule has 0 aliphatic heterocycles. The van der Waals surface area contributed by atoms with Gasteiger partial charge in [-0.25, -0.2) is 12.7 Å². The summed E-state index contributed by atoms with van der Waals surface area (Å²) in [6.07, 6.45) is 23.3. The summed E-state index contributed by atoms with van der Waals surface area (Å²) >= 11 is 0. The van der Waals surface area contributed by atoms with Gasteiger partial charge in [0.15, 0.2) is 0 Å². The van der Waals surface area contributed by atoms with Crippen LogP contribution in [0.15, 0.2) is 0 Å². The topological polar surface area (TPSA) is 85.0 Å². The van der Waals surface area contributed by atoms with Crippen LogP contribution in [0.3, 0.4) is 0 Å². The van der Waals surface area contributed by atoms with Gasteiger partial charge in [-0.15, -0.1) is 0 Å². The van der Waals surface area contributed by atoms with Gasteiger partial charge in [-0.05, 0) is 32.1 Å². The van der Waals surface area contributed by atoms with Gasteiger partial charge < -0.3 is 0 Å². The highest BCUT2D eigenvalue weighted by molar-refractivity contribution is 7.89. The highest BCUT2D eigenvalue weighted by Gasteiger charge is 2.20. The average Bonchev–Trinajstić information content (AvgIpc) is 2.82. The Morgan fingerprint density at radius 1 is 0.529 bits per heavy atom. The van der Waals surface area contributed by atoms with Crippen molar-refractivity contribution in [3.63, 3.8) is 0 Å². The molecular weight excluding hydrogens is 442 g/mol. The van der Waals surface area contributed by atoms with Crippen LogP contribution in [0.4, 0.5) is 0 Å². The zero-order valence-corrected chi connectivity index (χ0v) is 23.1. The van der Waals surface area contributed by atoms with Crippen LogP contribution < -0.4 is 0 Å². The van der Waals surface area contributed by atoms with E-state index in [1.807, 2.05) is 0 Å². The second kappa shape index (κ2) is 25.0. The summed E-state index contributed by atoms with van der Waals surface area (Å²) in [5.74, 6) is 0.296. The van der Waals surface area contributed by atoms with Crippen molar-refractivity contribution in [1.29, 1.82) is 10.5 Å². The lowest BCUT2D eigenvalue weighted by Gasteiger charge is -2.22. The summed E-state index contributed by atoms with van der Waals surface area (Å²) in [6, 6.07) is 4.38. The highest BCUT2D eigenvalue weighted by Crippen LogP contribution is 2.15. The minimum Gasteiger partial charge on any atom is -0.212 e. The number of nitrogens with zero attached hydrogens (tertiary/aromatic N) is 3. The Morgan fingerprint density at radius 3 is 1.29 bits per heavy atom. The van der Waals surface area contributed by atoms with Crippen molar-refractivity contribution < 1.29 is 8.42 Å². The second-order valence-corrected chi connectivity index (χ2v) is 11.8. The lowest BCUT2D eigenvalue weighted by atomic mass is 10.1. The van der Waals surface area contributed by atoms with Crippen LogP contribution in [-0.2, 0) is 10.0 Å². The van der Waals surface area contributed by atoms with Crippen LogP contribution in [-0.4, -0.2) is 31.6 Å². The third-order valence-electron chi connectivity index (χ3n) is 6.54. The van der Waals surface area contributed by atoms with E-state index in [1.54, 1.807) is 4.31 Å². The summed E-state index contributed by atoms with van der Waals surface area (Å²) in [6.45, 7) is 3.53. The van der Waals surface area contributed by atoms with Gasteiger partial charge in [-0.3, -0.25) is 0 Å². The molecule has 0 spiro atoms. The van der Waals surface area contributed by atoms with Crippen molar-refractivity contribution in [2.45, 2.75) is 148 Å². The Morgan fingerprint density at radius 2 is 0.882 bits per heavy atom. The lowest BCUT2D eigenvalue weighted by molar-refractivity contribution is 0.382. The van der Waals surface area contributed by atoms with Gasteiger partial charge in [0.05, 0.1) is 17.9 Å². The molecule has 0 saturated heterocycles. The predicted octanol–water partition coefficient (Wildman–Crippen LogP) is 8.27. The summed E-state index contributed by atoms with van der Waals surface area (Å²) in [4.78, 5) is 0. The van der Waals surface area contributed by atoms with Crippen LogP contribution in [0.2, 0.25) is 0 Å². The van der Waals surface area contributed by atoms with Crippen molar-refractivity contribution in [1.82, 2.24) is 4.31 Å². The smallest absolute Gasteiger partial charge is 0.212 e. The maximum Gasteiger partial charge on any atom is 0.214 e. The van der Waals surface area contributed by atoms with E-state index in [2.05, 4.69) is 19.1 Å². The molecular formula is C28H53N3O2S. The first-order valence-electron chi connectivity index (χ1n) is 14.3. The fourth-order valence-corrected chi connectivity index (χ4v) is 5.98. The normalized spacial score (nSPS) is 11.5. The predicted molar refractivity (Wildman–Crippen MR) is 144 cm³/mol. The molecule has 0 amide bonds. The fourth-order valence-electron chi connectivity index (χ4n) is 4.34. The fraction of sp³-hybridized carbons (Fsp3) is 0.929. The third kappa shape index (κ3) is 21.4. The van der Waals surface area contributed by atoms with E-state index in [0.717, 1.165) is 96.3 Å². The number of rotatable bonds is 26. The van der Waals surface area contributed by atoms with Gasteiger partial charge in [0.25, 0.3) is 0 Å². The molecule has 0 saturated carbocycles. The van der Waals surface area contributed by atoms with Crippen molar-refractivity contribution in [2.75, 3.05) is 18.8 Å². The van der Waals surface area contributed by atoms with Gasteiger partial charge >= 0.3 is 0 Å². The number of unbranched alkanes of at least 4 members (excludes halogenated alkanes) is 19. The highest BCUT2D eigenvalue weighted by atomic mass is 32.2. The first-order chi connectivity index (χ1) is 16.6. The van der Waals surface area contributed by atoms with Crippen LogP contribution in [0.5, 0.6) is 0 Å². The Labute approximate surface area is 212 Å². The van der Waals surface area contributed by atoms with E-state index in [0.29, 0.717) is 31.7 Å². The number of sulfonamides is 1. The van der Waals surface area contributed by atoms with Crippen molar-refractivity contribution in [2.24, 2.45) is 0 Å².